The van der Waals surface area contributed by atoms with Crippen LogP contribution in [0.3, 0.4) is 0 Å². The highest BCUT2D eigenvalue weighted by molar-refractivity contribution is 5.99. The molecule has 0 atom stereocenters. The average Bonchev–Trinajstić information content (AvgIpc) is 2.76. The largest absolute Gasteiger partial charge is 0.493 e. The number of anilines is 1. The quantitative estimate of drug-likeness (QED) is 0.361. The Hall–Kier alpha value is -2.93. The first-order chi connectivity index (χ1) is 14.9. The first-order valence-electron chi connectivity index (χ1n) is 10.8. The summed E-state index contributed by atoms with van der Waals surface area (Å²) in [5, 5.41) is 14.1. The van der Waals surface area contributed by atoms with Gasteiger partial charge in [-0.3, -0.25) is 14.9 Å². The van der Waals surface area contributed by atoms with Crippen LogP contribution < -0.4 is 10.1 Å². The predicted molar refractivity (Wildman–Crippen MR) is 120 cm³/mol. The summed E-state index contributed by atoms with van der Waals surface area (Å²) in [4.78, 5) is 24.1. The smallest absolute Gasteiger partial charge is 0.269 e. The number of carbonyl (C=O) groups is 1. The van der Waals surface area contributed by atoms with Crippen molar-refractivity contribution in [1.29, 1.82) is 0 Å². The van der Waals surface area contributed by atoms with E-state index < -0.39 is 10.3 Å². The number of nitrogens with one attached hydrogen (secondary N) is 1. The molecule has 7 heteroatoms. The number of unbranched alkanes of at least 4 members (excludes halogenated alkanes) is 1. The van der Waals surface area contributed by atoms with E-state index in [-0.39, 0.29) is 11.6 Å². The summed E-state index contributed by atoms with van der Waals surface area (Å²) in [5.41, 5.74) is 2.66. The molecule has 2 aromatic carbocycles. The summed E-state index contributed by atoms with van der Waals surface area (Å²) in [6.07, 6.45) is 3.11. The van der Waals surface area contributed by atoms with Crippen molar-refractivity contribution in [3.05, 3.63) is 63.2 Å². The lowest BCUT2D eigenvalue weighted by Gasteiger charge is -2.36. The molecule has 3 rings (SSSR count). The molecule has 31 heavy (non-hydrogen) atoms. The van der Waals surface area contributed by atoms with Gasteiger partial charge in [0, 0.05) is 31.0 Å². The molecule has 1 amide bonds. The molecule has 1 heterocycles. The highest BCUT2D eigenvalue weighted by Crippen LogP contribution is 2.37. The van der Waals surface area contributed by atoms with Crippen LogP contribution in [0.4, 0.5) is 11.4 Å². The topological polar surface area (TPSA) is 90.7 Å². The molecule has 1 N–H and O–H groups in total. The Bertz CT molecular complexity index is 910. The summed E-state index contributed by atoms with van der Waals surface area (Å²) < 4.78 is 11.4. The molecule has 0 aromatic heterocycles. The van der Waals surface area contributed by atoms with Gasteiger partial charge in [-0.1, -0.05) is 25.5 Å². The minimum atomic E-state index is -0.786. The third-order valence-electron chi connectivity index (χ3n) is 5.87. The number of nitro benzene ring substituents is 1. The number of nitrogens with zero attached hydrogens (tertiary/aromatic N) is 1. The zero-order valence-corrected chi connectivity index (χ0v) is 18.4. The molecule has 1 fully saturated rings. The van der Waals surface area contributed by atoms with Gasteiger partial charge in [0.1, 0.15) is 5.75 Å². The summed E-state index contributed by atoms with van der Waals surface area (Å²) in [6, 6.07) is 10.1. The second kappa shape index (κ2) is 9.92. The van der Waals surface area contributed by atoms with Gasteiger partial charge in [0.05, 0.1) is 16.9 Å². The van der Waals surface area contributed by atoms with E-state index in [1.807, 2.05) is 26.0 Å². The lowest BCUT2D eigenvalue weighted by Crippen LogP contribution is -2.44. The van der Waals surface area contributed by atoms with Crippen molar-refractivity contribution in [3.8, 4) is 5.75 Å². The van der Waals surface area contributed by atoms with Crippen molar-refractivity contribution in [2.45, 2.75) is 51.9 Å². The highest BCUT2D eigenvalue weighted by Gasteiger charge is 2.42. The Balaban J connectivity index is 1.85. The molecule has 166 valence electrons. The van der Waals surface area contributed by atoms with E-state index in [1.165, 1.54) is 12.1 Å². The van der Waals surface area contributed by atoms with Gasteiger partial charge in [-0.15, -0.1) is 0 Å². The minimum Gasteiger partial charge on any atom is -0.493 e. The number of amides is 1. The summed E-state index contributed by atoms with van der Waals surface area (Å²) in [6.45, 7) is 7.68. The molecule has 0 radical (unpaired) electrons. The van der Waals surface area contributed by atoms with Crippen molar-refractivity contribution >= 4 is 17.3 Å². The Morgan fingerprint density at radius 1 is 1.16 bits per heavy atom. The molecule has 0 saturated carbocycles. The van der Waals surface area contributed by atoms with E-state index >= 15 is 0 Å². The molecular formula is C24H30N2O5. The first kappa shape index (κ1) is 22.7. The van der Waals surface area contributed by atoms with Crippen LogP contribution in [0.25, 0.3) is 0 Å². The van der Waals surface area contributed by atoms with Crippen molar-refractivity contribution < 1.29 is 19.2 Å². The number of rotatable bonds is 8. The number of ether oxygens (including phenoxy) is 2. The third kappa shape index (κ3) is 5.05. The van der Waals surface area contributed by atoms with Crippen LogP contribution in [-0.2, 0) is 14.9 Å². The van der Waals surface area contributed by atoms with Crippen LogP contribution in [-0.4, -0.2) is 30.7 Å². The summed E-state index contributed by atoms with van der Waals surface area (Å²) >= 11 is 0. The fraction of sp³-hybridized carbons (Fsp3) is 0.458. The van der Waals surface area contributed by atoms with Gasteiger partial charge in [0.2, 0.25) is 5.91 Å². The molecule has 1 aliphatic rings. The number of aryl methyl sites for hydroxylation is 2. The number of benzene rings is 2. The minimum absolute atomic E-state index is 0.0104. The maximum atomic E-state index is 13.5. The van der Waals surface area contributed by atoms with E-state index in [0.29, 0.717) is 32.7 Å². The van der Waals surface area contributed by atoms with Crippen LogP contribution in [0, 0.1) is 24.0 Å². The van der Waals surface area contributed by atoms with Crippen molar-refractivity contribution in [1.82, 2.24) is 0 Å². The SMILES string of the molecule is CCCCOc1c(C)cc(NC(=O)C2(c3ccc([N+](=O)[O-])cc3)CCOCC2)cc1C. The fourth-order valence-corrected chi connectivity index (χ4v) is 4.09. The Labute approximate surface area is 182 Å². The Morgan fingerprint density at radius 3 is 2.32 bits per heavy atom. The van der Waals surface area contributed by atoms with Crippen LogP contribution in [0.2, 0.25) is 0 Å². The molecule has 1 saturated heterocycles. The standard InChI is InChI=1S/C24H30N2O5/c1-4-5-12-31-22-17(2)15-20(16-18(22)3)25-23(27)24(10-13-30-14-11-24)19-6-8-21(9-7-19)26(28)29/h6-9,15-16H,4-5,10-14H2,1-3H3,(H,25,27). The predicted octanol–water partition coefficient (Wildman–Crippen LogP) is 5.08. The molecule has 0 spiro atoms. The van der Waals surface area contributed by atoms with Crippen LogP contribution in [0.5, 0.6) is 5.75 Å². The van der Waals surface area contributed by atoms with Gasteiger partial charge in [-0.05, 0) is 61.9 Å². The zero-order valence-electron chi connectivity index (χ0n) is 18.4. The lowest BCUT2D eigenvalue weighted by molar-refractivity contribution is -0.384. The number of carbonyl (C=O) groups excluding carboxylic acids is 1. The highest BCUT2D eigenvalue weighted by atomic mass is 16.6. The van der Waals surface area contributed by atoms with Gasteiger partial charge in [-0.2, -0.15) is 0 Å². The van der Waals surface area contributed by atoms with Crippen molar-refractivity contribution in [2.24, 2.45) is 0 Å². The summed E-state index contributed by atoms with van der Waals surface area (Å²) in [7, 11) is 0. The van der Waals surface area contributed by atoms with Gasteiger partial charge >= 0.3 is 0 Å². The second-order valence-corrected chi connectivity index (χ2v) is 8.09. The normalized spacial score (nSPS) is 15.3. The van der Waals surface area contributed by atoms with Crippen molar-refractivity contribution in [2.75, 3.05) is 25.1 Å². The first-order valence-corrected chi connectivity index (χ1v) is 10.8. The van der Waals surface area contributed by atoms with E-state index in [4.69, 9.17) is 9.47 Å². The Morgan fingerprint density at radius 2 is 1.77 bits per heavy atom. The third-order valence-corrected chi connectivity index (χ3v) is 5.87. The van der Waals surface area contributed by atoms with Crippen LogP contribution in [0.1, 0.15) is 49.3 Å². The van der Waals surface area contributed by atoms with Gasteiger partial charge in [0.25, 0.3) is 5.69 Å². The fourth-order valence-electron chi connectivity index (χ4n) is 4.09. The maximum absolute atomic E-state index is 13.5. The van der Waals surface area contributed by atoms with E-state index in [2.05, 4.69) is 12.2 Å². The number of non-ortho nitro benzene ring substituents is 1. The molecule has 7 nitrogen and oxygen atoms in total. The molecule has 0 aliphatic carbocycles. The summed E-state index contributed by atoms with van der Waals surface area (Å²) in [5.74, 6) is 0.741. The zero-order chi connectivity index (χ0) is 22.4. The van der Waals surface area contributed by atoms with E-state index in [9.17, 15) is 14.9 Å². The van der Waals surface area contributed by atoms with E-state index in [1.54, 1.807) is 12.1 Å². The average molecular weight is 427 g/mol. The number of hydrogen-bond donors (Lipinski definition) is 1. The van der Waals surface area contributed by atoms with Gasteiger partial charge in [-0.25, -0.2) is 0 Å². The molecule has 1 aliphatic heterocycles. The Kier molecular flexibility index (Phi) is 7.28. The number of hydrogen-bond acceptors (Lipinski definition) is 5. The molecule has 0 unspecified atom stereocenters. The molecule has 0 bridgehead atoms. The van der Waals surface area contributed by atoms with E-state index in [0.717, 1.165) is 41.0 Å². The monoisotopic (exact) mass is 426 g/mol. The van der Waals surface area contributed by atoms with Crippen molar-refractivity contribution in [3.63, 3.8) is 0 Å². The lowest BCUT2D eigenvalue weighted by atomic mass is 9.73. The number of nitro groups is 1. The second-order valence-electron chi connectivity index (χ2n) is 8.09. The maximum Gasteiger partial charge on any atom is 0.269 e. The van der Waals surface area contributed by atoms with Gasteiger partial charge in [0.15, 0.2) is 0 Å². The van der Waals surface area contributed by atoms with Crippen LogP contribution in [0.15, 0.2) is 36.4 Å². The van der Waals surface area contributed by atoms with Crippen LogP contribution >= 0.6 is 0 Å². The molecular weight excluding hydrogens is 396 g/mol. The van der Waals surface area contributed by atoms with Gasteiger partial charge < -0.3 is 14.8 Å². The molecule has 2 aromatic rings.